The number of rotatable bonds is 6. The van der Waals surface area contributed by atoms with Crippen LogP contribution in [0.2, 0.25) is 0 Å². The topological polar surface area (TPSA) is 92.7 Å². The fraction of sp³-hybridized carbons (Fsp3) is 0.769. The predicted octanol–water partition coefficient (Wildman–Crippen LogP) is 0.947. The number of hydrogen-bond acceptors (Lipinski definition) is 4. The highest BCUT2D eigenvalue weighted by Gasteiger charge is 2.30. The summed E-state index contributed by atoms with van der Waals surface area (Å²) in [5.74, 6) is -1.81. The summed E-state index contributed by atoms with van der Waals surface area (Å²) in [5.41, 5.74) is 0. The molecule has 0 aromatic carbocycles. The van der Waals surface area contributed by atoms with Gasteiger partial charge in [-0.05, 0) is 18.8 Å². The molecular formula is C13H21NO5. The lowest BCUT2D eigenvalue weighted by Crippen LogP contribution is -2.37. The number of carboxylic acids is 1. The second kappa shape index (κ2) is 7.76. The molecule has 0 bridgehead atoms. The number of hydrogen-bond donors (Lipinski definition) is 2. The van der Waals surface area contributed by atoms with Crippen LogP contribution in [0.4, 0.5) is 0 Å². The lowest BCUT2D eigenvalue weighted by atomic mass is 9.79. The van der Waals surface area contributed by atoms with Gasteiger partial charge in [0, 0.05) is 13.0 Å². The molecule has 1 aliphatic carbocycles. The maximum absolute atomic E-state index is 11.5. The first-order chi connectivity index (χ1) is 9.04. The molecule has 1 rings (SSSR count). The first kappa shape index (κ1) is 15.5. The molecule has 1 saturated carbocycles. The van der Waals surface area contributed by atoms with E-state index in [0.717, 1.165) is 19.3 Å². The number of carbonyl (C=O) groups excluding carboxylic acids is 2. The summed E-state index contributed by atoms with van der Waals surface area (Å²) >= 11 is 0. The zero-order chi connectivity index (χ0) is 14.3. The van der Waals surface area contributed by atoms with Crippen molar-refractivity contribution in [2.75, 3.05) is 13.7 Å². The third-order valence-electron chi connectivity index (χ3n) is 3.57. The quantitative estimate of drug-likeness (QED) is 0.701. The molecule has 0 aromatic rings. The predicted molar refractivity (Wildman–Crippen MR) is 67.3 cm³/mol. The van der Waals surface area contributed by atoms with Crippen LogP contribution in [0.15, 0.2) is 0 Å². The number of amides is 1. The summed E-state index contributed by atoms with van der Waals surface area (Å²) in [6, 6.07) is 0. The average molecular weight is 271 g/mol. The van der Waals surface area contributed by atoms with Crippen molar-refractivity contribution in [2.45, 2.75) is 38.5 Å². The molecule has 0 unspecified atom stereocenters. The lowest BCUT2D eigenvalue weighted by molar-refractivity contribution is -0.145. The Kier molecular flexibility index (Phi) is 6.32. The first-order valence-corrected chi connectivity index (χ1v) is 6.61. The second-order valence-corrected chi connectivity index (χ2v) is 4.87. The lowest BCUT2D eigenvalue weighted by Gasteiger charge is -2.28. The van der Waals surface area contributed by atoms with Crippen molar-refractivity contribution in [2.24, 2.45) is 11.8 Å². The van der Waals surface area contributed by atoms with Crippen molar-refractivity contribution in [1.29, 1.82) is 0 Å². The van der Waals surface area contributed by atoms with Crippen molar-refractivity contribution in [1.82, 2.24) is 5.32 Å². The summed E-state index contributed by atoms with van der Waals surface area (Å²) < 4.78 is 4.45. The SMILES string of the molecule is COC(=O)CCC(=O)NC[C@@H]1CCCC[C@@H]1C(=O)O. The van der Waals surface area contributed by atoms with Crippen molar-refractivity contribution in [3.8, 4) is 0 Å². The normalized spacial score (nSPS) is 22.6. The summed E-state index contributed by atoms with van der Waals surface area (Å²) in [7, 11) is 1.28. The van der Waals surface area contributed by atoms with E-state index in [9.17, 15) is 14.4 Å². The minimum atomic E-state index is -0.784. The van der Waals surface area contributed by atoms with Gasteiger partial charge in [-0.1, -0.05) is 12.8 Å². The third kappa shape index (κ3) is 5.28. The van der Waals surface area contributed by atoms with Crippen LogP contribution in [0, 0.1) is 11.8 Å². The first-order valence-electron chi connectivity index (χ1n) is 6.61. The molecule has 0 aliphatic heterocycles. The molecule has 0 aromatic heterocycles. The molecule has 1 amide bonds. The van der Waals surface area contributed by atoms with E-state index < -0.39 is 11.9 Å². The van der Waals surface area contributed by atoms with Crippen LogP contribution in [0.3, 0.4) is 0 Å². The Hall–Kier alpha value is -1.59. The molecule has 2 N–H and O–H groups in total. The maximum atomic E-state index is 11.5. The smallest absolute Gasteiger partial charge is 0.306 e. The van der Waals surface area contributed by atoms with Gasteiger partial charge in [0.15, 0.2) is 0 Å². The van der Waals surface area contributed by atoms with Crippen LogP contribution in [0.1, 0.15) is 38.5 Å². The summed E-state index contributed by atoms with van der Waals surface area (Å²) in [4.78, 5) is 33.5. The highest BCUT2D eigenvalue weighted by Crippen LogP contribution is 2.29. The van der Waals surface area contributed by atoms with Crippen LogP contribution < -0.4 is 5.32 Å². The van der Waals surface area contributed by atoms with Gasteiger partial charge in [-0.15, -0.1) is 0 Å². The Bertz CT molecular complexity index is 342. The van der Waals surface area contributed by atoms with Crippen molar-refractivity contribution in [3.05, 3.63) is 0 Å². The molecule has 0 heterocycles. The molecular weight excluding hydrogens is 250 g/mol. The number of aliphatic carboxylic acids is 1. The fourth-order valence-corrected chi connectivity index (χ4v) is 2.43. The number of methoxy groups -OCH3 is 1. The Morgan fingerprint density at radius 2 is 1.89 bits per heavy atom. The minimum Gasteiger partial charge on any atom is -0.481 e. The Labute approximate surface area is 112 Å². The molecule has 6 heteroatoms. The van der Waals surface area contributed by atoms with Crippen molar-refractivity contribution in [3.63, 3.8) is 0 Å². The highest BCUT2D eigenvalue weighted by atomic mass is 16.5. The van der Waals surface area contributed by atoms with Crippen molar-refractivity contribution < 1.29 is 24.2 Å². The maximum Gasteiger partial charge on any atom is 0.306 e. The van der Waals surface area contributed by atoms with Crippen LogP contribution in [-0.2, 0) is 19.1 Å². The van der Waals surface area contributed by atoms with E-state index in [-0.39, 0.29) is 30.6 Å². The molecule has 0 spiro atoms. The Morgan fingerprint density at radius 3 is 2.53 bits per heavy atom. The van der Waals surface area contributed by atoms with Gasteiger partial charge in [0.05, 0.1) is 19.4 Å². The number of carbonyl (C=O) groups is 3. The van der Waals surface area contributed by atoms with E-state index in [4.69, 9.17) is 5.11 Å². The van der Waals surface area contributed by atoms with Crippen LogP contribution >= 0.6 is 0 Å². The van der Waals surface area contributed by atoms with E-state index in [1.807, 2.05) is 0 Å². The van der Waals surface area contributed by atoms with E-state index in [1.165, 1.54) is 7.11 Å². The fourth-order valence-electron chi connectivity index (χ4n) is 2.43. The number of esters is 1. The molecule has 108 valence electrons. The molecule has 1 fully saturated rings. The standard InChI is InChI=1S/C13H21NO5/c1-19-12(16)7-6-11(15)14-8-9-4-2-3-5-10(9)13(17)18/h9-10H,2-8H2,1H3,(H,14,15)(H,17,18)/t9-,10-/m0/s1. The third-order valence-corrected chi connectivity index (χ3v) is 3.57. The summed E-state index contributed by atoms with van der Waals surface area (Å²) in [6.07, 6.45) is 3.58. The average Bonchev–Trinajstić information content (AvgIpc) is 2.42. The van der Waals surface area contributed by atoms with Gasteiger partial charge in [0.25, 0.3) is 0 Å². The molecule has 1 aliphatic rings. The number of carboxylic acid groups (broad SMARTS) is 1. The van der Waals surface area contributed by atoms with Crippen LogP contribution in [-0.4, -0.2) is 36.6 Å². The zero-order valence-electron chi connectivity index (χ0n) is 11.2. The molecule has 6 nitrogen and oxygen atoms in total. The van der Waals surface area contributed by atoms with E-state index >= 15 is 0 Å². The highest BCUT2D eigenvalue weighted by molar-refractivity contribution is 5.81. The second-order valence-electron chi connectivity index (χ2n) is 4.87. The van der Waals surface area contributed by atoms with E-state index in [1.54, 1.807) is 0 Å². The van der Waals surface area contributed by atoms with Crippen LogP contribution in [0.5, 0.6) is 0 Å². The molecule has 0 saturated heterocycles. The van der Waals surface area contributed by atoms with Gasteiger partial charge in [-0.3, -0.25) is 14.4 Å². The summed E-state index contributed by atoms with van der Waals surface area (Å²) in [5, 5.41) is 11.8. The van der Waals surface area contributed by atoms with E-state index in [2.05, 4.69) is 10.1 Å². The molecule has 2 atom stereocenters. The monoisotopic (exact) mass is 271 g/mol. The zero-order valence-corrected chi connectivity index (χ0v) is 11.2. The van der Waals surface area contributed by atoms with Gasteiger partial charge < -0.3 is 15.2 Å². The van der Waals surface area contributed by atoms with Crippen LogP contribution in [0.25, 0.3) is 0 Å². The molecule has 19 heavy (non-hydrogen) atoms. The minimum absolute atomic E-state index is 0.00618. The Balaban J connectivity index is 2.31. The van der Waals surface area contributed by atoms with Gasteiger partial charge in [-0.2, -0.15) is 0 Å². The number of ether oxygens (including phenoxy) is 1. The largest absolute Gasteiger partial charge is 0.481 e. The van der Waals surface area contributed by atoms with Gasteiger partial charge in [-0.25, -0.2) is 0 Å². The van der Waals surface area contributed by atoms with Gasteiger partial charge in [0.2, 0.25) is 5.91 Å². The van der Waals surface area contributed by atoms with Gasteiger partial charge >= 0.3 is 11.9 Å². The van der Waals surface area contributed by atoms with Crippen molar-refractivity contribution >= 4 is 17.8 Å². The number of nitrogens with one attached hydrogen (secondary N) is 1. The van der Waals surface area contributed by atoms with Gasteiger partial charge in [0.1, 0.15) is 0 Å². The summed E-state index contributed by atoms with van der Waals surface area (Å²) in [6.45, 7) is 0.372. The molecule has 0 radical (unpaired) electrons. The van der Waals surface area contributed by atoms with E-state index in [0.29, 0.717) is 13.0 Å². The Morgan fingerprint density at radius 1 is 1.21 bits per heavy atom.